The van der Waals surface area contributed by atoms with E-state index in [0.29, 0.717) is 12.6 Å². The van der Waals surface area contributed by atoms with Crippen LogP contribution in [-0.2, 0) is 12.8 Å². The number of aryl methyl sites for hydroxylation is 1. The molecule has 1 unspecified atom stereocenters. The first kappa shape index (κ1) is 15.3. The van der Waals surface area contributed by atoms with E-state index in [2.05, 4.69) is 24.0 Å². The van der Waals surface area contributed by atoms with Gasteiger partial charge in [0.05, 0.1) is 7.11 Å². The highest BCUT2D eigenvalue weighted by Crippen LogP contribution is 2.28. The molecule has 2 N–H and O–H groups in total. The summed E-state index contributed by atoms with van der Waals surface area (Å²) in [5, 5.41) is 18.5. The van der Waals surface area contributed by atoms with Crippen LogP contribution in [0, 0.1) is 0 Å². The van der Waals surface area contributed by atoms with E-state index in [1.807, 2.05) is 6.07 Å². The molecule has 1 aromatic carbocycles. The van der Waals surface area contributed by atoms with Gasteiger partial charge in [-0.3, -0.25) is 4.90 Å². The van der Waals surface area contributed by atoms with Crippen LogP contribution in [0.2, 0.25) is 0 Å². The summed E-state index contributed by atoms with van der Waals surface area (Å²) in [6.07, 6.45) is 2.85. The van der Waals surface area contributed by atoms with Crippen molar-refractivity contribution in [1.82, 2.24) is 4.90 Å². The highest BCUT2D eigenvalue weighted by atomic mass is 16.5. The lowest BCUT2D eigenvalue weighted by Crippen LogP contribution is -2.43. The van der Waals surface area contributed by atoms with Crippen molar-refractivity contribution in [2.75, 3.05) is 20.2 Å². The Labute approximate surface area is 121 Å². The van der Waals surface area contributed by atoms with E-state index in [9.17, 15) is 10.2 Å². The minimum absolute atomic E-state index is 0.331. The third kappa shape index (κ3) is 3.72. The van der Waals surface area contributed by atoms with E-state index >= 15 is 0 Å². The first-order valence-electron chi connectivity index (χ1n) is 7.40. The minimum atomic E-state index is -1.26. The highest BCUT2D eigenvalue weighted by Gasteiger charge is 2.25. The van der Waals surface area contributed by atoms with Gasteiger partial charge in [-0.2, -0.15) is 0 Å². The van der Waals surface area contributed by atoms with Crippen LogP contribution in [0.25, 0.3) is 0 Å². The van der Waals surface area contributed by atoms with E-state index in [4.69, 9.17) is 4.74 Å². The monoisotopic (exact) mass is 279 g/mol. The summed E-state index contributed by atoms with van der Waals surface area (Å²) in [5.74, 6) is 0.897. The number of nitrogens with zero attached hydrogens (tertiary/aromatic N) is 1. The minimum Gasteiger partial charge on any atom is -0.497 e. The van der Waals surface area contributed by atoms with Gasteiger partial charge in [0.2, 0.25) is 0 Å². The van der Waals surface area contributed by atoms with Crippen molar-refractivity contribution < 1.29 is 14.9 Å². The van der Waals surface area contributed by atoms with Crippen LogP contribution in [0.1, 0.15) is 30.9 Å². The standard InChI is InChI=1S/C16H25NO3/c1-3-8-17(11-16(18)19)14-6-4-12-5-7-15(20-2)10-13(12)9-14/h5,7,10,14,16,18-19H,3-4,6,8-9,11H2,1-2H3. The maximum atomic E-state index is 9.25. The topological polar surface area (TPSA) is 52.9 Å². The van der Waals surface area contributed by atoms with Crippen LogP contribution in [0.15, 0.2) is 18.2 Å². The van der Waals surface area contributed by atoms with Gasteiger partial charge in [-0.1, -0.05) is 13.0 Å². The fourth-order valence-corrected chi connectivity index (χ4v) is 3.07. The summed E-state index contributed by atoms with van der Waals surface area (Å²) in [5.41, 5.74) is 2.72. The van der Waals surface area contributed by atoms with Gasteiger partial charge in [0.1, 0.15) is 5.75 Å². The molecular formula is C16H25NO3. The van der Waals surface area contributed by atoms with Crippen molar-refractivity contribution in [3.63, 3.8) is 0 Å². The van der Waals surface area contributed by atoms with Crippen LogP contribution in [-0.4, -0.2) is 47.6 Å². The van der Waals surface area contributed by atoms with Crippen LogP contribution in [0.3, 0.4) is 0 Å². The molecule has 20 heavy (non-hydrogen) atoms. The average molecular weight is 279 g/mol. The Balaban J connectivity index is 2.11. The van der Waals surface area contributed by atoms with E-state index < -0.39 is 6.29 Å². The fourth-order valence-electron chi connectivity index (χ4n) is 3.07. The van der Waals surface area contributed by atoms with Crippen molar-refractivity contribution in [2.45, 2.75) is 44.9 Å². The lowest BCUT2D eigenvalue weighted by atomic mass is 9.87. The summed E-state index contributed by atoms with van der Waals surface area (Å²) in [7, 11) is 1.69. The summed E-state index contributed by atoms with van der Waals surface area (Å²) < 4.78 is 5.29. The van der Waals surface area contributed by atoms with Crippen molar-refractivity contribution in [3.05, 3.63) is 29.3 Å². The summed E-state index contributed by atoms with van der Waals surface area (Å²) in [4.78, 5) is 2.20. The molecule has 4 nitrogen and oxygen atoms in total. The normalized spacial score (nSPS) is 18.4. The van der Waals surface area contributed by atoms with Gasteiger partial charge in [-0.15, -0.1) is 0 Å². The molecule has 0 bridgehead atoms. The van der Waals surface area contributed by atoms with Gasteiger partial charge in [-0.25, -0.2) is 0 Å². The SMILES string of the molecule is CCCN(CC(O)O)C1CCc2ccc(OC)cc2C1. The molecule has 2 rings (SSSR count). The lowest BCUT2D eigenvalue weighted by Gasteiger charge is -2.35. The Morgan fingerprint density at radius 2 is 2.15 bits per heavy atom. The Hall–Kier alpha value is -1.10. The summed E-state index contributed by atoms with van der Waals surface area (Å²) in [6, 6.07) is 6.66. The van der Waals surface area contributed by atoms with E-state index in [1.54, 1.807) is 7.11 Å². The number of rotatable bonds is 6. The second-order valence-corrected chi connectivity index (χ2v) is 5.51. The first-order chi connectivity index (χ1) is 9.63. The molecule has 0 aliphatic heterocycles. The van der Waals surface area contributed by atoms with Crippen LogP contribution in [0.5, 0.6) is 5.75 Å². The van der Waals surface area contributed by atoms with Gasteiger partial charge in [0.15, 0.2) is 6.29 Å². The Bertz CT molecular complexity index is 434. The molecule has 0 amide bonds. The third-order valence-corrected chi connectivity index (χ3v) is 4.04. The number of aliphatic hydroxyl groups is 2. The smallest absolute Gasteiger partial charge is 0.164 e. The number of aliphatic hydroxyl groups excluding tert-OH is 1. The van der Waals surface area contributed by atoms with E-state index in [-0.39, 0.29) is 0 Å². The zero-order valence-electron chi connectivity index (χ0n) is 12.4. The summed E-state index contributed by atoms with van der Waals surface area (Å²) >= 11 is 0. The summed E-state index contributed by atoms with van der Waals surface area (Å²) in [6.45, 7) is 3.36. The number of hydrogen-bond donors (Lipinski definition) is 2. The molecule has 112 valence electrons. The van der Waals surface area contributed by atoms with Gasteiger partial charge >= 0.3 is 0 Å². The maximum absolute atomic E-state index is 9.25. The second-order valence-electron chi connectivity index (χ2n) is 5.51. The highest BCUT2D eigenvalue weighted by molar-refractivity contribution is 5.37. The van der Waals surface area contributed by atoms with Crippen LogP contribution in [0.4, 0.5) is 0 Å². The molecule has 1 atom stereocenters. The molecule has 4 heteroatoms. The molecule has 1 aliphatic carbocycles. The van der Waals surface area contributed by atoms with E-state index in [1.165, 1.54) is 11.1 Å². The molecule has 0 spiro atoms. The molecular weight excluding hydrogens is 254 g/mol. The molecule has 0 radical (unpaired) electrons. The van der Waals surface area contributed by atoms with E-state index in [0.717, 1.165) is 38.0 Å². The van der Waals surface area contributed by atoms with Gasteiger partial charge in [0, 0.05) is 12.6 Å². The fraction of sp³-hybridized carbons (Fsp3) is 0.625. The largest absolute Gasteiger partial charge is 0.497 e. The quantitative estimate of drug-likeness (QED) is 0.776. The number of benzene rings is 1. The second kappa shape index (κ2) is 7.07. The van der Waals surface area contributed by atoms with Gasteiger partial charge < -0.3 is 14.9 Å². The van der Waals surface area contributed by atoms with Crippen molar-refractivity contribution in [1.29, 1.82) is 0 Å². The zero-order valence-corrected chi connectivity index (χ0v) is 12.4. The molecule has 1 aromatic rings. The van der Waals surface area contributed by atoms with Crippen LogP contribution < -0.4 is 4.74 Å². The Morgan fingerprint density at radius 3 is 2.80 bits per heavy atom. The van der Waals surface area contributed by atoms with Gasteiger partial charge in [0.25, 0.3) is 0 Å². The molecule has 0 saturated heterocycles. The molecule has 1 aliphatic rings. The number of methoxy groups -OCH3 is 1. The predicted octanol–water partition coefficient (Wildman–Crippen LogP) is 1.58. The van der Waals surface area contributed by atoms with Crippen molar-refractivity contribution in [3.8, 4) is 5.75 Å². The van der Waals surface area contributed by atoms with Crippen molar-refractivity contribution >= 4 is 0 Å². The molecule has 0 heterocycles. The lowest BCUT2D eigenvalue weighted by molar-refractivity contribution is -0.0691. The number of ether oxygens (including phenoxy) is 1. The Morgan fingerprint density at radius 1 is 1.35 bits per heavy atom. The molecule has 0 fully saturated rings. The van der Waals surface area contributed by atoms with Crippen molar-refractivity contribution in [2.24, 2.45) is 0 Å². The van der Waals surface area contributed by atoms with Crippen LogP contribution >= 0.6 is 0 Å². The molecule has 0 saturated carbocycles. The Kier molecular flexibility index (Phi) is 5.40. The van der Waals surface area contributed by atoms with Gasteiger partial charge in [-0.05, 0) is 55.5 Å². The zero-order chi connectivity index (χ0) is 14.5. The molecule has 0 aromatic heterocycles. The predicted molar refractivity (Wildman–Crippen MR) is 78.9 cm³/mol. The first-order valence-corrected chi connectivity index (χ1v) is 7.40. The maximum Gasteiger partial charge on any atom is 0.164 e. The number of fused-ring (bicyclic) bond motifs is 1. The third-order valence-electron chi connectivity index (χ3n) is 4.04. The average Bonchev–Trinajstić information content (AvgIpc) is 2.45. The number of hydrogen-bond acceptors (Lipinski definition) is 4.